The van der Waals surface area contributed by atoms with Crippen molar-refractivity contribution in [3.05, 3.63) is 34.2 Å². The Bertz CT molecular complexity index is 595. The van der Waals surface area contributed by atoms with Crippen LogP contribution in [0.15, 0.2) is 24.3 Å². The maximum absolute atomic E-state index is 10.9. The number of hydrogen-bond acceptors (Lipinski definition) is 3. The Morgan fingerprint density at radius 2 is 2.26 bits per heavy atom. The smallest absolute Gasteiger partial charge is 0.124 e. The number of thiophene rings is 1. The van der Waals surface area contributed by atoms with E-state index in [-0.39, 0.29) is 5.92 Å². The number of nitrogens with zero attached hydrogens (tertiary/aromatic N) is 1. The Morgan fingerprint density at radius 1 is 1.42 bits per heavy atom. The third-order valence-corrected chi connectivity index (χ3v) is 5.40. The van der Waals surface area contributed by atoms with Gasteiger partial charge in [0.1, 0.15) is 6.29 Å². The minimum Gasteiger partial charge on any atom is -0.303 e. The number of carbonyl (C=O) groups excluding carboxylic acids is 1. The van der Waals surface area contributed by atoms with Gasteiger partial charge in [-0.1, -0.05) is 29.8 Å². The summed E-state index contributed by atoms with van der Waals surface area (Å²) < 4.78 is 1.24. The van der Waals surface area contributed by atoms with Gasteiger partial charge in [-0.3, -0.25) is 4.90 Å². The van der Waals surface area contributed by atoms with Crippen molar-refractivity contribution in [3.63, 3.8) is 0 Å². The van der Waals surface area contributed by atoms with Crippen LogP contribution in [0, 0.1) is 5.92 Å². The van der Waals surface area contributed by atoms with Crippen molar-refractivity contribution in [3.8, 4) is 0 Å². The number of halogens is 1. The quantitative estimate of drug-likeness (QED) is 0.798. The van der Waals surface area contributed by atoms with E-state index in [0.29, 0.717) is 0 Å². The van der Waals surface area contributed by atoms with E-state index in [2.05, 4.69) is 17.0 Å². The van der Waals surface area contributed by atoms with Crippen LogP contribution in [-0.4, -0.2) is 24.3 Å². The summed E-state index contributed by atoms with van der Waals surface area (Å²) in [5, 5.41) is 2.03. The van der Waals surface area contributed by atoms with Crippen molar-refractivity contribution in [1.82, 2.24) is 4.90 Å². The minimum atomic E-state index is 0.196. The van der Waals surface area contributed by atoms with Crippen molar-refractivity contribution >= 4 is 39.3 Å². The van der Waals surface area contributed by atoms with Crippen LogP contribution < -0.4 is 0 Å². The van der Waals surface area contributed by atoms with E-state index in [4.69, 9.17) is 11.6 Å². The summed E-state index contributed by atoms with van der Waals surface area (Å²) in [7, 11) is 0. The molecule has 1 aliphatic rings. The highest BCUT2D eigenvalue weighted by molar-refractivity contribution is 7.19. The molecule has 1 aliphatic heterocycles. The number of benzene rings is 1. The van der Waals surface area contributed by atoms with Gasteiger partial charge in [0.05, 0.1) is 5.02 Å². The molecule has 4 heteroatoms. The Kier molecular flexibility index (Phi) is 3.87. The molecule has 0 saturated carbocycles. The van der Waals surface area contributed by atoms with E-state index in [1.807, 2.05) is 12.1 Å². The molecule has 0 N–H and O–H groups in total. The summed E-state index contributed by atoms with van der Waals surface area (Å²) in [5.74, 6) is 0.196. The summed E-state index contributed by atoms with van der Waals surface area (Å²) >= 11 is 8.23. The summed E-state index contributed by atoms with van der Waals surface area (Å²) in [6.07, 6.45) is 3.23. The molecule has 1 aromatic heterocycles. The molecular formula is C15H16ClNOS. The van der Waals surface area contributed by atoms with Crippen molar-refractivity contribution in [2.24, 2.45) is 5.92 Å². The maximum atomic E-state index is 10.9. The first-order valence-corrected chi connectivity index (χ1v) is 7.81. The van der Waals surface area contributed by atoms with Crippen LogP contribution in [0.4, 0.5) is 0 Å². The molecule has 2 aromatic rings. The van der Waals surface area contributed by atoms with Gasteiger partial charge in [0.25, 0.3) is 0 Å². The molecule has 0 spiro atoms. The first-order valence-electron chi connectivity index (χ1n) is 6.61. The van der Waals surface area contributed by atoms with E-state index < -0.39 is 0 Å². The van der Waals surface area contributed by atoms with E-state index in [1.54, 1.807) is 11.3 Å². The Hall–Kier alpha value is -0.900. The van der Waals surface area contributed by atoms with E-state index in [0.717, 1.165) is 49.2 Å². The van der Waals surface area contributed by atoms with Gasteiger partial charge < -0.3 is 4.79 Å². The zero-order valence-electron chi connectivity index (χ0n) is 10.6. The number of likely N-dealkylation sites (tertiary alicyclic amines) is 1. The first kappa shape index (κ1) is 13.1. The third-order valence-electron chi connectivity index (χ3n) is 3.70. The molecule has 1 fully saturated rings. The van der Waals surface area contributed by atoms with Gasteiger partial charge >= 0.3 is 0 Å². The molecule has 0 bridgehead atoms. The van der Waals surface area contributed by atoms with Crippen molar-refractivity contribution in [1.29, 1.82) is 0 Å². The van der Waals surface area contributed by atoms with Gasteiger partial charge in [0, 0.05) is 34.0 Å². The fourth-order valence-electron chi connectivity index (χ4n) is 2.72. The number of hydrogen-bond donors (Lipinski definition) is 0. The molecule has 2 heterocycles. The second-order valence-electron chi connectivity index (χ2n) is 5.11. The van der Waals surface area contributed by atoms with Crippen LogP contribution in [0.3, 0.4) is 0 Å². The van der Waals surface area contributed by atoms with Crippen molar-refractivity contribution < 1.29 is 4.79 Å². The summed E-state index contributed by atoms with van der Waals surface area (Å²) in [6, 6.07) is 8.25. The Labute approximate surface area is 122 Å². The molecule has 100 valence electrons. The predicted molar refractivity (Wildman–Crippen MR) is 80.9 cm³/mol. The number of fused-ring (bicyclic) bond motifs is 1. The molecule has 1 unspecified atom stereocenters. The van der Waals surface area contributed by atoms with Crippen LogP contribution in [0.1, 0.15) is 17.7 Å². The lowest BCUT2D eigenvalue weighted by atomic mass is 10.00. The summed E-state index contributed by atoms with van der Waals surface area (Å²) in [4.78, 5) is 14.5. The zero-order valence-corrected chi connectivity index (χ0v) is 12.2. The highest BCUT2D eigenvalue weighted by Gasteiger charge is 2.21. The second-order valence-corrected chi connectivity index (χ2v) is 6.62. The predicted octanol–water partition coefficient (Wildman–Crippen LogP) is 3.97. The molecule has 0 aliphatic carbocycles. The number of carbonyl (C=O) groups is 1. The Morgan fingerprint density at radius 3 is 3.05 bits per heavy atom. The van der Waals surface area contributed by atoms with Crippen LogP contribution in [0.5, 0.6) is 0 Å². The van der Waals surface area contributed by atoms with Crippen molar-refractivity contribution in [2.75, 3.05) is 13.1 Å². The lowest BCUT2D eigenvalue weighted by Crippen LogP contribution is -2.35. The van der Waals surface area contributed by atoms with Gasteiger partial charge in [-0.25, -0.2) is 0 Å². The summed E-state index contributed by atoms with van der Waals surface area (Å²) in [6.45, 7) is 2.80. The van der Waals surface area contributed by atoms with Crippen LogP contribution in [-0.2, 0) is 11.3 Å². The lowest BCUT2D eigenvalue weighted by molar-refractivity contribution is -0.112. The molecule has 0 radical (unpaired) electrons. The van der Waals surface area contributed by atoms with Gasteiger partial charge in [-0.2, -0.15) is 0 Å². The molecule has 0 amide bonds. The van der Waals surface area contributed by atoms with Gasteiger partial charge in [0.15, 0.2) is 0 Å². The van der Waals surface area contributed by atoms with Gasteiger partial charge in [0.2, 0.25) is 0 Å². The van der Waals surface area contributed by atoms with Crippen LogP contribution in [0.2, 0.25) is 5.02 Å². The van der Waals surface area contributed by atoms with E-state index >= 15 is 0 Å². The standard InChI is InChI=1S/C15H16ClNOS/c16-15-12-5-1-2-6-13(12)19-14(15)9-17-7-3-4-11(8-17)10-18/h1-2,5-6,10-11H,3-4,7-9H2. The minimum absolute atomic E-state index is 0.196. The zero-order chi connectivity index (χ0) is 13.2. The summed E-state index contributed by atoms with van der Waals surface area (Å²) in [5.41, 5.74) is 0. The molecule has 19 heavy (non-hydrogen) atoms. The lowest BCUT2D eigenvalue weighted by Gasteiger charge is -2.29. The molecule has 1 saturated heterocycles. The fraction of sp³-hybridized carbons (Fsp3) is 0.400. The highest BCUT2D eigenvalue weighted by atomic mass is 35.5. The van der Waals surface area contributed by atoms with E-state index in [1.165, 1.54) is 9.58 Å². The van der Waals surface area contributed by atoms with Gasteiger partial charge in [-0.15, -0.1) is 11.3 Å². The van der Waals surface area contributed by atoms with Crippen molar-refractivity contribution in [2.45, 2.75) is 19.4 Å². The maximum Gasteiger partial charge on any atom is 0.124 e. The first-order chi connectivity index (χ1) is 9.28. The molecule has 1 atom stereocenters. The fourth-order valence-corrected chi connectivity index (χ4v) is 4.25. The second kappa shape index (κ2) is 5.61. The number of piperidine rings is 1. The highest BCUT2D eigenvalue weighted by Crippen LogP contribution is 2.36. The number of rotatable bonds is 3. The SMILES string of the molecule is O=CC1CCCN(Cc2sc3ccccc3c2Cl)C1. The molecular weight excluding hydrogens is 278 g/mol. The normalized spacial score (nSPS) is 20.8. The van der Waals surface area contributed by atoms with Crippen LogP contribution >= 0.6 is 22.9 Å². The third kappa shape index (κ3) is 2.69. The number of aldehydes is 1. The monoisotopic (exact) mass is 293 g/mol. The Balaban J connectivity index is 1.81. The molecule has 3 rings (SSSR count). The largest absolute Gasteiger partial charge is 0.303 e. The molecule has 2 nitrogen and oxygen atoms in total. The van der Waals surface area contributed by atoms with E-state index in [9.17, 15) is 4.79 Å². The van der Waals surface area contributed by atoms with Crippen LogP contribution in [0.25, 0.3) is 10.1 Å². The average molecular weight is 294 g/mol. The topological polar surface area (TPSA) is 20.3 Å². The molecule has 1 aromatic carbocycles. The average Bonchev–Trinajstić information content (AvgIpc) is 2.76. The van der Waals surface area contributed by atoms with Gasteiger partial charge in [-0.05, 0) is 25.5 Å².